The lowest BCUT2D eigenvalue weighted by Gasteiger charge is -2.03. The zero-order valence-corrected chi connectivity index (χ0v) is 12.0. The molecule has 106 valence electrons. The SMILES string of the molecule is COC(=O)c1cc(CNCc2ccc(C)cc2)oc1C. The molecule has 0 spiro atoms. The average Bonchev–Trinajstić information content (AvgIpc) is 2.81. The minimum absolute atomic E-state index is 0.365. The van der Waals surface area contributed by atoms with E-state index in [2.05, 4.69) is 36.5 Å². The Labute approximate surface area is 118 Å². The number of carbonyl (C=O) groups excluding carboxylic acids is 1. The van der Waals surface area contributed by atoms with Crippen LogP contribution in [0, 0.1) is 13.8 Å². The molecule has 4 nitrogen and oxygen atoms in total. The molecule has 0 bridgehead atoms. The molecule has 2 rings (SSSR count). The van der Waals surface area contributed by atoms with Gasteiger partial charge in [0.1, 0.15) is 17.1 Å². The maximum absolute atomic E-state index is 11.5. The zero-order chi connectivity index (χ0) is 14.5. The van der Waals surface area contributed by atoms with Crippen LogP contribution in [0.3, 0.4) is 0 Å². The fourth-order valence-electron chi connectivity index (χ4n) is 1.98. The van der Waals surface area contributed by atoms with Crippen LogP contribution in [0.2, 0.25) is 0 Å². The number of esters is 1. The number of benzene rings is 1. The second-order valence-electron chi connectivity index (χ2n) is 4.76. The van der Waals surface area contributed by atoms with Crippen molar-refractivity contribution < 1.29 is 13.9 Å². The standard InChI is InChI=1S/C16H19NO3/c1-11-4-6-13(7-5-11)9-17-10-14-8-15(12(2)20-14)16(18)19-3/h4-8,17H,9-10H2,1-3H3. The number of furan rings is 1. The van der Waals surface area contributed by atoms with Crippen molar-refractivity contribution in [3.05, 3.63) is 58.5 Å². The summed E-state index contributed by atoms with van der Waals surface area (Å²) >= 11 is 0. The van der Waals surface area contributed by atoms with Crippen LogP contribution in [0.5, 0.6) is 0 Å². The summed E-state index contributed by atoms with van der Waals surface area (Å²) in [4.78, 5) is 11.5. The van der Waals surface area contributed by atoms with E-state index in [1.165, 1.54) is 18.2 Å². The first kappa shape index (κ1) is 14.3. The summed E-state index contributed by atoms with van der Waals surface area (Å²) in [6.45, 7) is 5.16. The Hall–Kier alpha value is -2.07. The van der Waals surface area contributed by atoms with E-state index in [4.69, 9.17) is 9.15 Å². The average molecular weight is 273 g/mol. The molecule has 0 amide bonds. The number of aryl methyl sites for hydroxylation is 2. The van der Waals surface area contributed by atoms with E-state index in [0.29, 0.717) is 17.9 Å². The van der Waals surface area contributed by atoms with Crippen molar-refractivity contribution >= 4 is 5.97 Å². The molecule has 0 fully saturated rings. The van der Waals surface area contributed by atoms with Gasteiger partial charge in [0.2, 0.25) is 0 Å². The van der Waals surface area contributed by atoms with Gasteiger partial charge in [-0.3, -0.25) is 0 Å². The van der Waals surface area contributed by atoms with Crippen LogP contribution in [-0.2, 0) is 17.8 Å². The third-order valence-corrected chi connectivity index (χ3v) is 3.12. The monoisotopic (exact) mass is 273 g/mol. The van der Waals surface area contributed by atoms with Gasteiger partial charge in [-0.2, -0.15) is 0 Å². The van der Waals surface area contributed by atoms with E-state index < -0.39 is 0 Å². The molecule has 0 unspecified atom stereocenters. The lowest BCUT2D eigenvalue weighted by Crippen LogP contribution is -2.12. The molecule has 1 N–H and O–H groups in total. The number of nitrogens with one attached hydrogen (secondary N) is 1. The van der Waals surface area contributed by atoms with Crippen LogP contribution in [0.4, 0.5) is 0 Å². The van der Waals surface area contributed by atoms with Crippen LogP contribution >= 0.6 is 0 Å². The van der Waals surface area contributed by atoms with Crippen LogP contribution in [0.25, 0.3) is 0 Å². The summed E-state index contributed by atoms with van der Waals surface area (Å²) in [7, 11) is 1.37. The minimum Gasteiger partial charge on any atom is -0.465 e. The summed E-state index contributed by atoms with van der Waals surface area (Å²) < 4.78 is 10.2. The molecule has 0 aliphatic heterocycles. The summed E-state index contributed by atoms with van der Waals surface area (Å²) in [5, 5.41) is 3.29. The second kappa shape index (κ2) is 6.39. The van der Waals surface area contributed by atoms with Crippen molar-refractivity contribution in [3.63, 3.8) is 0 Å². The highest BCUT2D eigenvalue weighted by atomic mass is 16.5. The molecule has 1 aromatic heterocycles. The highest BCUT2D eigenvalue weighted by Crippen LogP contribution is 2.15. The minimum atomic E-state index is -0.365. The first-order valence-electron chi connectivity index (χ1n) is 6.54. The molecule has 1 heterocycles. The van der Waals surface area contributed by atoms with Gasteiger partial charge in [-0.15, -0.1) is 0 Å². The Balaban J connectivity index is 1.91. The summed E-state index contributed by atoms with van der Waals surface area (Å²) in [5.74, 6) is 0.954. The number of ether oxygens (including phenoxy) is 1. The molecule has 4 heteroatoms. The summed E-state index contributed by atoms with van der Waals surface area (Å²) in [5.41, 5.74) is 2.95. The Morgan fingerprint density at radius 1 is 1.20 bits per heavy atom. The van der Waals surface area contributed by atoms with Gasteiger partial charge in [0, 0.05) is 6.54 Å². The van der Waals surface area contributed by atoms with Crippen LogP contribution in [0.15, 0.2) is 34.7 Å². The van der Waals surface area contributed by atoms with E-state index in [1.54, 1.807) is 13.0 Å². The summed E-state index contributed by atoms with van der Waals surface area (Å²) in [6, 6.07) is 10.1. The predicted molar refractivity (Wildman–Crippen MR) is 76.5 cm³/mol. The zero-order valence-electron chi connectivity index (χ0n) is 12.0. The molecular weight excluding hydrogens is 254 g/mol. The third-order valence-electron chi connectivity index (χ3n) is 3.12. The first-order valence-corrected chi connectivity index (χ1v) is 6.54. The topological polar surface area (TPSA) is 51.5 Å². The fraction of sp³-hybridized carbons (Fsp3) is 0.312. The van der Waals surface area contributed by atoms with Gasteiger partial charge in [0.25, 0.3) is 0 Å². The van der Waals surface area contributed by atoms with E-state index in [1.807, 2.05) is 0 Å². The first-order chi connectivity index (χ1) is 9.60. The molecule has 0 atom stereocenters. The molecular formula is C16H19NO3. The molecule has 2 aromatic rings. The van der Waals surface area contributed by atoms with Gasteiger partial charge in [-0.25, -0.2) is 4.79 Å². The molecule has 1 aromatic carbocycles. The largest absolute Gasteiger partial charge is 0.465 e. The van der Waals surface area contributed by atoms with E-state index in [-0.39, 0.29) is 5.97 Å². The number of methoxy groups -OCH3 is 1. The Morgan fingerprint density at radius 3 is 2.55 bits per heavy atom. The number of carbonyl (C=O) groups is 1. The van der Waals surface area contributed by atoms with Crippen molar-refractivity contribution in [3.8, 4) is 0 Å². The van der Waals surface area contributed by atoms with Crippen LogP contribution in [0.1, 0.15) is 33.0 Å². The van der Waals surface area contributed by atoms with Gasteiger partial charge >= 0.3 is 5.97 Å². The Bertz CT molecular complexity index is 584. The smallest absolute Gasteiger partial charge is 0.341 e. The summed E-state index contributed by atoms with van der Waals surface area (Å²) in [6.07, 6.45) is 0. The van der Waals surface area contributed by atoms with Crippen molar-refractivity contribution in [2.45, 2.75) is 26.9 Å². The highest BCUT2D eigenvalue weighted by Gasteiger charge is 2.14. The molecule has 20 heavy (non-hydrogen) atoms. The fourth-order valence-corrected chi connectivity index (χ4v) is 1.98. The highest BCUT2D eigenvalue weighted by molar-refractivity contribution is 5.90. The molecule has 0 aliphatic rings. The third kappa shape index (κ3) is 3.48. The lowest BCUT2D eigenvalue weighted by molar-refractivity contribution is 0.0599. The maximum Gasteiger partial charge on any atom is 0.341 e. The van der Waals surface area contributed by atoms with Gasteiger partial charge in [-0.1, -0.05) is 29.8 Å². The van der Waals surface area contributed by atoms with Gasteiger partial charge in [0.15, 0.2) is 0 Å². The normalized spacial score (nSPS) is 10.6. The quantitative estimate of drug-likeness (QED) is 0.851. The van der Waals surface area contributed by atoms with Crippen molar-refractivity contribution in [1.29, 1.82) is 0 Å². The Morgan fingerprint density at radius 2 is 1.90 bits per heavy atom. The van der Waals surface area contributed by atoms with Gasteiger partial charge < -0.3 is 14.5 Å². The van der Waals surface area contributed by atoms with Crippen LogP contribution in [-0.4, -0.2) is 13.1 Å². The molecule has 0 aliphatic carbocycles. The van der Waals surface area contributed by atoms with E-state index >= 15 is 0 Å². The van der Waals surface area contributed by atoms with Crippen LogP contribution < -0.4 is 5.32 Å². The second-order valence-corrected chi connectivity index (χ2v) is 4.76. The van der Waals surface area contributed by atoms with E-state index in [9.17, 15) is 4.79 Å². The van der Waals surface area contributed by atoms with Crippen molar-refractivity contribution in [2.75, 3.05) is 7.11 Å². The van der Waals surface area contributed by atoms with E-state index in [0.717, 1.165) is 12.3 Å². The van der Waals surface area contributed by atoms with Crippen molar-refractivity contribution in [2.24, 2.45) is 0 Å². The lowest BCUT2D eigenvalue weighted by atomic mass is 10.1. The molecule has 0 saturated carbocycles. The maximum atomic E-state index is 11.5. The number of rotatable bonds is 5. The van der Waals surface area contributed by atoms with Gasteiger partial charge in [-0.05, 0) is 25.5 Å². The predicted octanol–water partition coefficient (Wildman–Crippen LogP) is 2.97. The van der Waals surface area contributed by atoms with Gasteiger partial charge in [0.05, 0.1) is 13.7 Å². The number of hydrogen-bond donors (Lipinski definition) is 1. The molecule has 0 saturated heterocycles. The molecule has 0 radical (unpaired) electrons. The number of hydrogen-bond acceptors (Lipinski definition) is 4. The Kier molecular flexibility index (Phi) is 4.58. The van der Waals surface area contributed by atoms with Crippen molar-refractivity contribution in [1.82, 2.24) is 5.32 Å².